The van der Waals surface area contributed by atoms with E-state index in [1.54, 1.807) is 32.4 Å². The number of halogens is 1. The molecule has 1 saturated heterocycles. The molecule has 0 unspecified atom stereocenters. The summed E-state index contributed by atoms with van der Waals surface area (Å²) < 4.78 is 10.5. The summed E-state index contributed by atoms with van der Waals surface area (Å²) in [4.78, 5) is 14.7. The number of carbonyl (C=O) groups excluding carboxylic acids is 1. The molecule has 152 valence electrons. The molecule has 1 amide bonds. The molecule has 0 radical (unpaired) electrons. The van der Waals surface area contributed by atoms with Gasteiger partial charge in [-0.25, -0.2) is 0 Å². The molecule has 0 spiro atoms. The molecule has 3 rings (SSSR count). The molecule has 1 aliphatic rings. The highest BCUT2D eigenvalue weighted by Gasteiger charge is 2.33. The maximum Gasteiger partial charge on any atom is 0.238 e. The maximum absolute atomic E-state index is 12.5. The Labute approximate surface area is 172 Å². The van der Waals surface area contributed by atoms with Crippen LogP contribution in [0.3, 0.4) is 0 Å². The molecule has 2 atom stereocenters. The van der Waals surface area contributed by atoms with Crippen molar-refractivity contribution >= 4 is 24.0 Å². The lowest BCUT2D eigenvalue weighted by Gasteiger charge is -2.17. The fourth-order valence-corrected chi connectivity index (χ4v) is 3.72. The summed E-state index contributed by atoms with van der Waals surface area (Å²) in [7, 11) is 3.16. The molecule has 7 heteroatoms. The van der Waals surface area contributed by atoms with Gasteiger partial charge in [-0.2, -0.15) is 0 Å². The van der Waals surface area contributed by atoms with E-state index in [2.05, 4.69) is 34.5 Å². The van der Waals surface area contributed by atoms with Crippen LogP contribution in [0.5, 0.6) is 11.5 Å². The number of benzene rings is 2. The van der Waals surface area contributed by atoms with E-state index in [-0.39, 0.29) is 18.3 Å². The Balaban J connectivity index is 0.00000280. The van der Waals surface area contributed by atoms with Crippen molar-refractivity contribution in [3.8, 4) is 11.5 Å². The minimum absolute atomic E-state index is 0. The molecular formula is C21H28ClN3O3. The van der Waals surface area contributed by atoms with Gasteiger partial charge in [-0.3, -0.25) is 9.69 Å². The quantitative estimate of drug-likeness (QED) is 0.740. The van der Waals surface area contributed by atoms with E-state index < -0.39 is 0 Å². The van der Waals surface area contributed by atoms with Crippen LogP contribution >= 0.6 is 12.4 Å². The number of amides is 1. The first kappa shape index (κ1) is 22.0. The Bertz CT molecular complexity index is 773. The first-order chi connectivity index (χ1) is 13.1. The van der Waals surface area contributed by atoms with Crippen LogP contribution in [0, 0.1) is 5.92 Å². The maximum atomic E-state index is 12.5. The van der Waals surface area contributed by atoms with Crippen molar-refractivity contribution in [1.29, 1.82) is 0 Å². The van der Waals surface area contributed by atoms with Crippen LogP contribution in [0.25, 0.3) is 0 Å². The molecule has 1 fully saturated rings. The number of likely N-dealkylation sites (tertiary alicyclic amines) is 1. The highest BCUT2D eigenvalue weighted by atomic mass is 35.5. The van der Waals surface area contributed by atoms with Gasteiger partial charge in [-0.1, -0.05) is 30.3 Å². The van der Waals surface area contributed by atoms with Crippen molar-refractivity contribution < 1.29 is 14.3 Å². The third kappa shape index (κ3) is 5.16. The Morgan fingerprint density at radius 2 is 1.82 bits per heavy atom. The lowest BCUT2D eigenvalue weighted by atomic mass is 9.89. The standard InChI is InChI=1S/C21H27N3O3.ClH/c1-26-19-9-8-17(10-20(19)27-2)23-21(25)14-24-12-16(11-22)18(13-24)15-6-4-3-5-7-15;/h3-10,16,18H,11-14,22H2,1-2H3,(H,23,25);1H/t16-,18+;/m1./s1. The van der Waals surface area contributed by atoms with Gasteiger partial charge in [-0.05, 0) is 30.2 Å². The van der Waals surface area contributed by atoms with Crippen molar-refractivity contribution in [2.45, 2.75) is 5.92 Å². The van der Waals surface area contributed by atoms with Gasteiger partial charge in [0.25, 0.3) is 0 Å². The predicted octanol–water partition coefficient (Wildman–Crippen LogP) is 2.74. The second-order valence-electron chi connectivity index (χ2n) is 6.82. The van der Waals surface area contributed by atoms with Crippen LogP contribution in [-0.4, -0.2) is 51.2 Å². The van der Waals surface area contributed by atoms with Crippen LogP contribution in [0.2, 0.25) is 0 Å². The van der Waals surface area contributed by atoms with Crippen molar-refractivity contribution in [3.63, 3.8) is 0 Å². The van der Waals surface area contributed by atoms with Gasteiger partial charge in [0.15, 0.2) is 11.5 Å². The Morgan fingerprint density at radius 1 is 1.11 bits per heavy atom. The second-order valence-corrected chi connectivity index (χ2v) is 6.82. The Kier molecular flexibility index (Phi) is 8.11. The van der Waals surface area contributed by atoms with E-state index in [0.29, 0.717) is 42.1 Å². The number of anilines is 1. The number of methoxy groups -OCH3 is 2. The number of nitrogens with one attached hydrogen (secondary N) is 1. The van der Waals surface area contributed by atoms with Crippen molar-refractivity contribution in [3.05, 3.63) is 54.1 Å². The molecule has 28 heavy (non-hydrogen) atoms. The molecule has 2 aromatic rings. The minimum atomic E-state index is -0.0493. The molecule has 6 nitrogen and oxygen atoms in total. The summed E-state index contributed by atoms with van der Waals surface area (Å²) in [5.74, 6) is 1.90. The van der Waals surface area contributed by atoms with Gasteiger partial charge in [0.2, 0.25) is 5.91 Å². The Morgan fingerprint density at radius 3 is 2.46 bits per heavy atom. The number of ether oxygens (including phenoxy) is 2. The van der Waals surface area contributed by atoms with Crippen LogP contribution < -0.4 is 20.5 Å². The third-order valence-corrected chi connectivity index (χ3v) is 5.08. The van der Waals surface area contributed by atoms with Crippen LogP contribution in [-0.2, 0) is 4.79 Å². The average molecular weight is 406 g/mol. The number of rotatable bonds is 7. The fourth-order valence-electron chi connectivity index (χ4n) is 3.72. The van der Waals surface area contributed by atoms with Crippen molar-refractivity contribution in [1.82, 2.24) is 4.90 Å². The normalized spacial score (nSPS) is 19.0. The highest BCUT2D eigenvalue weighted by molar-refractivity contribution is 5.92. The third-order valence-electron chi connectivity index (χ3n) is 5.08. The van der Waals surface area contributed by atoms with Crippen LogP contribution in [0.4, 0.5) is 5.69 Å². The molecule has 1 heterocycles. The van der Waals surface area contributed by atoms with E-state index in [0.717, 1.165) is 13.1 Å². The molecule has 3 N–H and O–H groups in total. The van der Waals surface area contributed by atoms with E-state index >= 15 is 0 Å². The van der Waals surface area contributed by atoms with Gasteiger partial charge >= 0.3 is 0 Å². The van der Waals surface area contributed by atoms with Crippen LogP contribution in [0.15, 0.2) is 48.5 Å². The molecule has 1 aliphatic heterocycles. The molecule has 0 aromatic heterocycles. The minimum Gasteiger partial charge on any atom is -0.493 e. The smallest absolute Gasteiger partial charge is 0.238 e. The van der Waals surface area contributed by atoms with Gasteiger partial charge < -0.3 is 20.5 Å². The van der Waals surface area contributed by atoms with Gasteiger partial charge in [0.1, 0.15) is 0 Å². The first-order valence-electron chi connectivity index (χ1n) is 9.13. The summed E-state index contributed by atoms with van der Waals surface area (Å²) in [6.45, 7) is 2.63. The van der Waals surface area contributed by atoms with E-state index in [4.69, 9.17) is 15.2 Å². The van der Waals surface area contributed by atoms with E-state index in [1.807, 2.05) is 6.07 Å². The number of hydrogen-bond donors (Lipinski definition) is 2. The fraction of sp³-hybridized carbons (Fsp3) is 0.381. The molecule has 0 bridgehead atoms. The second kappa shape index (κ2) is 10.3. The van der Waals surface area contributed by atoms with Crippen molar-refractivity contribution in [2.75, 3.05) is 45.7 Å². The van der Waals surface area contributed by atoms with E-state index in [9.17, 15) is 4.79 Å². The van der Waals surface area contributed by atoms with Crippen LogP contribution in [0.1, 0.15) is 11.5 Å². The predicted molar refractivity (Wildman–Crippen MR) is 114 cm³/mol. The lowest BCUT2D eigenvalue weighted by Crippen LogP contribution is -2.32. The first-order valence-corrected chi connectivity index (χ1v) is 9.13. The van der Waals surface area contributed by atoms with Gasteiger partial charge in [0, 0.05) is 30.8 Å². The summed E-state index contributed by atoms with van der Waals surface area (Å²) in [5.41, 5.74) is 7.96. The summed E-state index contributed by atoms with van der Waals surface area (Å²) in [5, 5.41) is 2.93. The zero-order valence-corrected chi connectivity index (χ0v) is 17.1. The van der Waals surface area contributed by atoms with Gasteiger partial charge in [-0.15, -0.1) is 12.4 Å². The number of carbonyl (C=O) groups is 1. The van der Waals surface area contributed by atoms with Crippen molar-refractivity contribution in [2.24, 2.45) is 11.7 Å². The largest absolute Gasteiger partial charge is 0.493 e. The number of hydrogen-bond acceptors (Lipinski definition) is 5. The zero-order chi connectivity index (χ0) is 19.2. The van der Waals surface area contributed by atoms with E-state index in [1.165, 1.54) is 5.56 Å². The molecule has 0 saturated carbocycles. The summed E-state index contributed by atoms with van der Waals surface area (Å²) >= 11 is 0. The number of nitrogens with zero attached hydrogens (tertiary/aromatic N) is 1. The molecule has 0 aliphatic carbocycles. The van der Waals surface area contributed by atoms with Gasteiger partial charge in [0.05, 0.1) is 20.8 Å². The average Bonchev–Trinajstić information content (AvgIpc) is 3.11. The summed E-state index contributed by atoms with van der Waals surface area (Å²) in [6, 6.07) is 15.7. The monoisotopic (exact) mass is 405 g/mol. The molecular weight excluding hydrogens is 378 g/mol. The molecule has 2 aromatic carbocycles. The topological polar surface area (TPSA) is 76.8 Å². The Hall–Kier alpha value is -2.28. The zero-order valence-electron chi connectivity index (χ0n) is 16.3. The highest BCUT2D eigenvalue weighted by Crippen LogP contribution is 2.32. The summed E-state index contributed by atoms with van der Waals surface area (Å²) in [6.07, 6.45) is 0. The number of nitrogens with two attached hydrogens (primary N) is 1. The SMILES string of the molecule is COc1ccc(NC(=O)CN2C[C@@H](CN)[C@H](c3ccccc3)C2)cc1OC.Cl. The lowest BCUT2D eigenvalue weighted by molar-refractivity contribution is -0.117.